The first-order chi connectivity index (χ1) is 10.2. The van der Waals surface area contributed by atoms with Crippen LogP contribution in [-0.2, 0) is 9.47 Å². The fourth-order valence-electron chi connectivity index (χ4n) is 3.82. The quantitative estimate of drug-likeness (QED) is 0.929. The lowest BCUT2D eigenvalue weighted by Gasteiger charge is -2.45. The summed E-state index contributed by atoms with van der Waals surface area (Å²) >= 11 is 0. The molecule has 2 fully saturated rings. The maximum atomic E-state index is 13.5. The van der Waals surface area contributed by atoms with Crippen molar-refractivity contribution in [3.8, 4) is 0 Å². The minimum Gasteiger partial charge on any atom is -0.381 e. The molecule has 4 heteroatoms. The Balaban J connectivity index is 1.77. The summed E-state index contributed by atoms with van der Waals surface area (Å²) in [4.78, 5) is 0. The molecule has 1 spiro atoms. The SMILES string of the molecule is CNC(c1cccc(F)c1)C1CCOC2(CCOCC2)C1. The van der Waals surface area contributed by atoms with Crippen molar-refractivity contribution >= 4 is 0 Å². The second kappa shape index (κ2) is 6.42. The van der Waals surface area contributed by atoms with E-state index in [-0.39, 0.29) is 17.5 Å². The third kappa shape index (κ3) is 3.28. The fourth-order valence-corrected chi connectivity index (χ4v) is 3.82. The van der Waals surface area contributed by atoms with Crippen LogP contribution in [0.1, 0.15) is 37.3 Å². The van der Waals surface area contributed by atoms with Gasteiger partial charge in [0.05, 0.1) is 5.60 Å². The molecule has 0 bridgehead atoms. The lowest BCUT2D eigenvalue weighted by atomic mass is 9.76. The minimum absolute atomic E-state index is 0.0242. The third-order valence-corrected chi connectivity index (χ3v) is 4.93. The van der Waals surface area contributed by atoms with E-state index in [1.54, 1.807) is 12.1 Å². The lowest BCUT2D eigenvalue weighted by Crippen LogP contribution is -2.46. The normalized spacial score (nSPS) is 26.7. The first kappa shape index (κ1) is 14.9. The van der Waals surface area contributed by atoms with Crippen LogP contribution in [-0.4, -0.2) is 32.5 Å². The zero-order chi connectivity index (χ0) is 14.7. The molecule has 0 radical (unpaired) electrons. The van der Waals surface area contributed by atoms with Crippen molar-refractivity contribution in [3.63, 3.8) is 0 Å². The van der Waals surface area contributed by atoms with Gasteiger partial charge in [0.1, 0.15) is 5.82 Å². The van der Waals surface area contributed by atoms with Crippen LogP contribution in [0.5, 0.6) is 0 Å². The van der Waals surface area contributed by atoms with E-state index in [4.69, 9.17) is 9.47 Å². The summed E-state index contributed by atoms with van der Waals surface area (Å²) in [5, 5.41) is 3.38. The van der Waals surface area contributed by atoms with Crippen LogP contribution in [0.3, 0.4) is 0 Å². The second-order valence-corrected chi connectivity index (χ2v) is 6.22. The molecule has 21 heavy (non-hydrogen) atoms. The highest BCUT2D eigenvalue weighted by molar-refractivity contribution is 5.21. The molecule has 3 nitrogen and oxygen atoms in total. The number of hydrogen-bond acceptors (Lipinski definition) is 3. The van der Waals surface area contributed by atoms with Crippen LogP contribution in [0, 0.1) is 11.7 Å². The molecule has 2 unspecified atom stereocenters. The van der Waals surface area contributed by atoms with Crippen molar-refractivity contribution in [1.82, 2.24) is 5.32 Å². The first-order valence-corrected chi connectivity index (χ1v) is 7.87. The Labute approximate surface area is 125 Å². The molecule has 2 aliphatic rings. The van der Waals surface area contributed by atoms with Gasteiger partial charge in [-0.15, -0.1) is 0 Å². The van der Waals surface area contributed by atoms with E-state index < -0.39 is 0 Å². The van der Waals surface area contributed by atoms with Gasteiger partial charge in [0, 0.05) is 25.9 Å². The van der Waals surface area contributed by atoms with Gasteiger partial charge in [0.15, 0.2) is 0 Å². The highest BCUT2D eigenvalue weighted by atomic mass is 19.1. The molecule has 0 aliphatic carbocycles. The maximum Gasteiger partial charge on any atom is 0.123 e. The van der Waals surface area contributed by atoms with Crippen molar-refractivity contribution in [3.05, 3.63) is 35.6 Å². The van der Waals surface area contributed by atoms with Crippen molar-refractivity contribution < 1.29 is 13.9 Å². The van der Waals surface area contributed by atoms with Crippen LogP contribution in [0.15, 0.2) is 24.3 Å². The van der Waals surface area contributed by atoms with Crippen molar-refractivity contribution in [2.24, 2.45) is 5.92 Å². The summed E-state index contributed by atoms with van der Waals surface area (Å²) in [6, 6.07) is 7.13. The van der Waals surface area contributed by atoms with Gasteiger partial charge in [0.25, 0.3) is 0 Å². The number of ether oxygens (including phenoxy) is 2. The number of benzene rings is 1. The van der Waals surface area contributed by atoms with E-state index in [1.807, 2.05) is 13.1 Å². The Hall–Kier alpha value is -0.970. The van der Waals surface area contributed by atoms with Gasteiger partial charge in [-0.05, 0) is 56.3 Å². The Morgan fingerprint density at radius 2 is 2.10 bits per heavy atom. The largest absolute Gasteiger partial charge is 0.381 e. The molecule has 2 heterocycles. The summed E-state index contributed by atoms with van der Waals surface area (Å²) in [6.07, 6.45) is 4.00. The summed E-state index contributed by atoms with van der Waals surface area (Å²) in [5.74, 6) is 0.309. The standard InChI is InChI=1S/C17H24FNO2/c1-19-16(13-3-2-4-15(18)11-13)14-5-8-21-17(12-14)6-9-20-10-7-17/h2-4,11,14,16,19H,5-10,12H2,1H3. The monoisotopic (exact) mass is 293 g/mol. The highest BCUT2D eigenvalue weighted by Crippen LogP contribution is 2.41. The molecule has 2 aliphatic heterocycles. The molecule has 1 aromatic rings. The molecule has 3 rings (SSSR count). The van der Waals surface area contributed by atoms with Gasteiger partial charge in [-0.2, -0.15) is 0 Å². The number of hydrogen-bond donors (Lipinski definition) is 1. The smallest absolute Gasteiger partial charge is 0.123 e. The van der Waals surface area contributed by atoms with Gasteiger partial charge in [-0.1, -0.05) is 12.1 Å². The molecule has 0 aromatic heterocycles. The molecular weight excluding hydrogens is 269 g/mol. The Bertz CT molecular complexity index is 468. The minimum atomic E-state index is -0.166. The van der Waals surface area contributed by atoms with Crippen molar-refractivity contribution in [1.29, 1.82) is 0 Å². The Morgan fingerprint density at radius 3 is 2.81 bits per heavy atom. The van der Waals surface area contributed by atoms with Gasteiger partial charge >= 0.3 is 0 Å². The van der Waals surface area contributed by atoms with Gasteiger partial charge in [-0.25, -0.2) is 4.39 Å². The van der Waals surface area contributed by atoms with E-state index in [0.717, 1.165) is 51.1 Å². The second-order valence-electron chi connectivity index (χ2n) is 6.22. The van der Waals surface area contributed by atoms with Crippen LogP contribution in [0.2, 0.25) is 0 Å². The van der Waals surface area contributed by atoms with Crippen molar-refractivity contribution in [2.75, 3.05) is 26.9 Å². The fraction of sp³-hybridized carbons (Fsp3) is 0.647. The predicted octanol–water partition coefficient (Wildman–Crippen LogP) is 3.06. The van der Waals surface area contributed by atoms with E-state index in [0.29, 0.717) is 5.92 Å². The van der Waals surface area contributed by atoms with E-state index >= 15 is 0 Å². The third-order valence-electron chi connectivity index (χ3n) is 4.93. The summed E-state index contributed by atoms with van der Waals surface area (Å²) in [7, 11) is 1.96. The molecule has 1 aromatic carbocycles. The molecule has 116 valence electrons. The predicted molar refractivity (Wildman–Crippen MR) is 79.7 cm³/mol. The van der Waals surface area contributed by atoms with E-state index in [9.17, 15) is 4.39 Å². The average molecular weight is 293 g/mol. The van der Waals surface area contributed by atoms with Crippen LogP contribution < -0.4 is 5.32 Å². The topological polar surface area (TPSA) is 30.5 Å². The zero-order valence-corrected chi connectivity index (χ0v) is 12.6. The molecule has 0 saturated carbocycles. The number of nitrogens with one attached hydrogen (secondary N) is 1. The number of halogens is 1. The lowest BCUT2D eigenvalue weighted by molar-refractivity contribution is -0.150. The van der Waals surface area contributed by atoms with Gasteiger partial charge < -0.3 is 14.8 Å². The van der Waals surface area contributed by atoms with E-state index in [1.165, 1.54) is 6.07 Å². The summed E-state index contributed by atoms with van der Waals surface area (Å²) < 4.78 is 25.1. The first-order valence-electron chi connectivity index (χ1n) is 7.87. The van der Waals surface area contributed by atoms with Crippen LogP contribution >= 0.6 is 0 Å². The Kier molecular flexibility index (Phi) is 4.57. The Morgan fingerprint density at radius 1 is 1.29 bits per heavy atom. The van der Waals surface area contributed by atoms with Crippen molar-refractivity contribution in [2.45, 2.75) is 37.3 Å². The van der Waals surface area contributed by atoms with Gasteiger partial charge in [-0.3, -0.25) is 0 Å². The molecular formula is C17H24FNO2. The molecule has 2 saturated heterocycles. The molecule has 2 atom stereocenters. The summed E-state index contributed by atoms with van der Waals surface area (Å²) in [5.41, 5.74) is 1.01. The average Bonchev–Trinajstić information content (AvgIpc) is 2.49. The van der Waals surface area contributed by atoms with Gasteiger partial charge in [0.2, 0.25) is 0 Å². The molecule has 1 N–H and O–H groups in total. The number of rotatable bonds is 3. The van der Waals surface area contributed by atoms with Crippen LogP contribution in [0.4, 0.5) is 4.39 Å². The summed E-state index contributed by atoms with van der Waals surface area (Å²) in [6.45, 7) is 2.37. The highest BCUT2D eigenvalue weighted by Gasteiger charge is 2.41. The van der Waals surface area contributed by atoms with Crippen LogP contribution in [0.25, 0.3) is 0 Å². The van der Waals surface area contributed by atoms with E-state index in [2.05, 4.69) is 5.32 Å². The molecule has 0 amide bonds. The maximum absolute atomic E-state index is 13.5. The zero-order valence-electron chi connectivity index (χ0n) is 12.6.